The molecule has 5 nitrogen and oxygen atoms in total. The molecule has 0 unspecified atom stereocenters. The summed E-state index contributed by atoms with van der Waals surface area (Å²) in [5.74, 6) is 0.736. The molecule has 3 rings (SSSR count). The van der Waals surface area contributed by atoms with E-state index in [0.29, 0.717) is 22.4 Å². The van der Waals surface area contributed by atoms with Crippen molar-refractivity contribution in [1.82, 2.24) is 14.4 Å². The minimum Gasteiger partial charge on any atom is -0.492 e. The van der Waals surface area contributed by atoms with E-state index in [1.165, 1.54) is 0 Å². The van der Waals surface area contributed by atoms with E-state index < -0.39 is 0 Å². The summed E-state index contributed by atoms with van der Waals surface area (Å²) in [5.41, 5.74) is 1.82. The van der Waals surface area contributed by atoms with Crippen LogP contribution < -0.4 is 10.2 Å². The second-order valence-corrected chi connectivity index (χ2v) is 8.16. The number of aromatic nitrogens is 1. The molecule has 0 aliphatic heterocycles. The van der Waals surface area contributed by atoms with E-state index in [4.69, 9.17) is 16.3 Å². The maximum absolute atomic E-state index is 13.3. The Labute approximate surface area is 190 Å². The van der Waals surface area contributed by atoms with Gasteiger partial charge in [-0.15, -0.1) is 0 Å². The number of halogens is 1. The summed E-state index contributed by atoms with van der Waals surface area (Å²) < 4.78 is 8.21. The van der Waals surface area contributed by atoms with Gasteiger partial charge in [-0.25, -0.2) is 0 Å². The third-order valence-corrected chi connectivity index (χ3v) is 6.34. The Morgan fingerprint density at radius 3 is 2.19 bits per heavy atom. The van der Waals surface area contributed by atoms with Crippen LogP contribution in [0.2, 0.25) is 5.02 Å². The molecule has 31 heavy (non-hydrogen) atoms. The average Bonchev–Trinajstić information content (AvgIpc) is 2.79. The van der Waals surface area contributed by atoms with Crippen LogP contribution in [0, 0.1) is 0 Å². The predicted molar refractivity (Wildman–Crippen MR) is 132 cm³/mol. The van der Waals surface area contributed by atoms with Crippen LogP contribution in [-0.2, 0) is 6.54 Å². The molecule has 168 valence electrons. The minimum atomic E-state index is 0.0231. The highest BCUT2D eigenvalue weighted by Crippen LogP contribution is 2.25. The van der Waals surface area contributed by atoms with Gasteiger partial charge in [-0.05, 0) is 62.6 Å². The summed E-state index contributed by atoms with van der Waals surface area (Å²) in [6, 6.07) is 11.4. The van der Waals surface area contributed by atoms with Crippen LogP contribution in [-0.4, -0.2) is 60.2 Å². The Morgan fingerprint density at radius 2 is 1.52 bits per heavy atom. The van der Waals surface area contributed by atoms with Gasteiger partial charge in [0.15, 0.2) is 5.43 Å². The zero-order valence-electron chi connectivity index (χ0n) is 19.2. The molecule has 0 fully saturated rings. The maximum Gasteiger partial charge on any atom is 0.197 e. The molecular weight excluding hydrogens is 410 g/mol. The number of pyridine rings is 1. The van der Waals surface area contributed by atoms with Crippen molar-refractivity contribution in [3.63, 3.8) is 0 Å². The predicted octanol–water partition coefficient (Wildman–Crippen LogP) is 4.87. The Hall–Kier alpha value is -2.08. The minimum absolute atomic E-state index is 0.0231. The van der Waals surface area contributed by atoms with Crippen LogP contribution in [0.15, 0.2) is 41.2 Å². The molecule has 3 aromatic rings. The molecule has 0 amide bonds. The summed E-state index contributed by atoms with van der Waals surface area (Å²) in [6.07, 6.45) is 0. The smallest absolute Gasteiger partial charge is 0.197 e. The monoisotopic (exact) mass is 443 g/mol. The molecule has 0 N–H and O–H groups in total. The Kier molecular flexibility index (Phi) is 8.35. The number of fused-ring (bicyclic) bond motifs is 2. The van der Waals surface area contributed by atoms with Crippen molar-refractivity contribution in [2.24, 2.45) is 0 Å². The molecule has 0 saturated carbocycles. The van der Waals surface area contributed by atoms with Crippen LogP contribution >= 0.6 is 11.6 Å². The molecule has 1 heterocycles. The zero-order valence-corrected chi connectivity index (χ0v) is 19.9. The molecule has 0 saturated heterocycles. The number of hydrogen-bond acceptors (Lipinski definition) is 4. The number of benzene rings is 2. The fourth-order valence-electron chi connectivity index (χ4n) is 4.07. The molecule has 0 aliphatic carbocycles. The van der Waals surface area contributed by atoms with E-state index in [1.807, 2.05) is 30.3 Å². The standard InChI is InChI=1S/C25H34ClN3O2/c1-5-27(6-2)13-14-29-23-12-10-20(31-16-15-28(7-3)8-4)18-22(23)25(30)21-11-9-19(26)17-24(21)29/h9-12,17-18H,5-8,13-16H2,1-4H3. The lowest BCUT2D eigenvalue weighted by molar-refractivity contribution is 0.223. The molecule has 2 aromatic carbocycles. The van der Waals surface area contributed by atoms with Crippen LogP contribution in [0.1, 0.15) is 27.7 Å². The summed E-state index contributed by atoms with van der Waals surface area (Å²) in [4.78, 5) is 18.0. The molecule has 0 radical (unpaired) electrons. The normalized spacial score (nSPS) is 11.8. The molecule has 0 bridgehead atoms. The van der Waals surface area contributed by atoms with Crippen molar-refractivity contribution in [3.05, 3.63) is 51.6 Å². The van der Waals surface area contributed by atoms with Crippen LogP contribution in [0.5, 0.6) is 5.75 Å². The quantitative estimate of drug-likeness (QED) is 0.396. The largest absolute Gasteiger partial charge is 0.492 e. The number of likely N-dealkylation sites (N-methyl/N-ethyl adjacent to an activating group) is 2. The maximum atomic E-state index is 13.3. The Bertz CT molecular complexity index is 1070. The van der Waals surface area contributed by atoms with Crippen molar-refractivity contribution in [1.29, 1.82) is 0 Å². The summed E-state index contributed by atoms with van der Waals surface area (Å²) in [5, 5.41) is 2.02. The van der Waals surface area contributed by atoms with Crippen LogP contribution in [0.4, 0.5) is 0 Å². The van der Waals surface area contributed by atoms with Gasteiger partial charge in [0.25, 0.3) is 0 Å². The SMILES string of the molecule is CCN(CC)CCOc1ccc2c(c1)c(=O)c1ccc(Cl)cc1n2CCN(CC)CC. The zero-order chi connectivity index (χ0) is 22.4. The number of hydrogen-bond donors (Lipinski definition) is 0. The lowest BCUT2D eigenvalue weighted by atomic mass is 10.1. The molecule has 0 spiro atoms. The van der Waals surface area contributed by atoms with Crippen LogP contribution in [0.3, 0.4) is 0 Å². The summed E-state index contributed by atoms with van der Waals surface area (Å²) in [6.45, 7) is 15.8. The van der Waals surface area contributed by atoms with E-state index in [2.05, 4.69) is 42.1 Å². The van der Waals surface area contributed by atoms with E-state index in [0.717, 1.165) is 62.6 Å². The summed E-state index contributed by atoms with van der Waals surface area (Å²) >= 11 is 6.29. The molecule has 0 atom stereocenters. The van der Waals surface area contributed by atoms with E-state index in [-0.39, 0.29) is 5.43 Å². The van der Waals surface area contributed by atoms with Crippen LogP contribution in [0.25, 0.3) is 21.8 Å². The van der Waals surface area contributed by atoms with Gasteiger partial charge in [0.2, 0.25) is 0 Å². The molecular formula is C25H34ClN3O2. The van der Waals surface area contributed by atoms with Gasteiger partial charge in [-0.3, -0.25) is 4.79 Å². The van der Waals surface area contributed by atoms with E-state index >= 15 is 0 Å². The van der Waals surface area contributed by atoms with Crippen molar-refractivity contribution in [2.75, 3.05) is 45.9 Å². The van der Waals surface area contributed by atoms with Crippen molar-refractivity contribution in [3.8, 4) is 5.75 Å². The van der Waals surface area contributed by atoms with Gasteiger partial charge >= 0.3 is 0 Å². The fourth-order valence-corrected chi connectivity index (χ4v) is 4.24. The number of nitrogens with zero attached hydrogens (tertiary/aromatic N) is 3. The Morgan fingerprint density at radius 1 is 0.839 bits per heavy atom. The summed E-state index contributed by atoms with van der Waals surface area (Å²) in [7, 11) is 0. The van der Waals surface area contributed by atoms with Crippen molar-refractivity contribution < 1.29 is 4.74 Å². The fraction of sp³-hybridized carbons (Fsp3) is 0.480. The van der Waals surface area contributed by atoms with Gasteiger partial charge in [0, 0.05) is 35.4 Å². The van der Waals surface area contributed by atoms with Gasteiger partial charge in [0.1, 0.15) is 12.4 Å². The van der Waals surface area contributed by atoms with Crippen molar-refractivity contribution in [2.45, 2.75) is 34.2 Å². The second-order valence-electron chi connectivity index (χ2n) is 7.72. The molecule has 0 aliphatic rings. The molecule has 1 aromatic heterocycles. The first-order valence-electron chi connectivity index (χ1n) is 11.4. The third kappa shape index (κ3) is 5.40. The first kappa shape index (κ1) is 23.6. The van der Waals surface area contributed by atoms with E-state index in [9.17, 15) is 4.79 Å². The lowest BCUT2D eigenvalue weighted by Gasteiger charge is -2.22. The first-order valence-corrected chi connectivity index (χ1v) is 11.7. The first-order chi connectivity index (χ1) is 15.0. The highest BCUT2D eigenvalue weighted by Gasteiger charge is 2.13. The van der Waals surface area contributed by atoms with E-state index in [1.54, 1.807) is 6.07 Å². The highest BCUT2D eigenvalue weighted by molar-refractivity contribution is 6.31. The van der Waals surface area contributed by atoms with Gasteiger partial charge in [0.05, 0.1) is 11.0 Å². The highest BCUT2D eigenvalue weighted by atomic mass is 35.5. The van der Waals surface area contributed by atoms with Gasteiger partial charge < -0.3 is 19.1 Å². The lowest BCUT2D eigenvalue weighted by Crippen LogP contribution is -2.28. The van der Waals surface area contributed by atoms with Gasteiger partial charge in [-0.2, -0.15) is 0 Å². The third-order valence-electron chi connectivity index (χ3n) is 6.10. The number of rotatable bonds is 11. The second kappa shape index (κ2) is 11.0. The van der Waals surface area contributed by atoms with Crippen molar-refractivity contribution >= 4 is 33.4 Å². The average molecular weight is 444 g/mol. The number of ether oxygens (including phenoxy) is 1. The molecule has 6 heteroatoms. The van der Waals surface area contributed by atoms with Gasteiger partial charge in [-0.1, -0.05) is 39.3 Å². The topological polar surface area (TPSA) is 37.7 Å². The Balaban J connectivity index is 2.01.